The zero-order chi connectivity index (χ0) is 18.1. The van der Waals surface area contributed by atoms with E-state index in [1.54, 1.807) is 7.11 Å². The molecular weight excluding hydrogens is 378 g/mol. The first kappa shape index (κ1) is 19.0. The van der Waals surface area contributed by atoms with Gasteiger partial charge in [0.25, 0.3) is 0 Å². The van der Waals surface area contributed by atoms with Gasteiger partial charge in [0.15, 0.2) is 0 Å². The molecule has 0 aliphatic heterocycles. The van der Waals surface area contributed by atoms with Crippen LogP contribution in [0.15, 0.2) is 97.3 Å². The van der Waals surface area contributed by atoms with Crippen molar-refractivity contribution in [3.63, 3.8) is 0 Å². The van der Waals surface area contributed by atoms with Crippen molar-refractivity contribution < 1.29 is 9.13 Å². The fraction of sp³-hybridized carbons (Fsp3) is 0.0909. The van der Waals surface area contributed by atoms with Gasteiger partial charge in [0.05, 0.1) is 5.83 Å². The second-order valence-electron chi connectivity index (χ2n) is 5.29. The molecule has 3 rings (SSSR count). The van der Waals surface area contributed by atoms with Crippen LogP contribution in [-0.2, 0) is 0 Å². The molecule has 0 heterocycles. The summed E-state index contributed by atoms with van der Waals surface area (Å²) < 4.78 is 20.4. The van der Waals surface area contributed by atoms with E-state index in [9.17, 15) is 4.39 Å². The molecule has 0 unspecified atom stereocenters. The molecule has 129 valence electrons. The molecule has 0 aliphatic rings. The van der Waals surface area contributed by atoms with Crippen LogP contribution in [0, 0.1) is 0 Å². The van der Waals surface area contributed by atoms with Gasteiger partial charge in [0.2, 0.25) is 0 Å². The topological polar surface area (TPSA) is 9.23 Å². The van der Waals surface area contributed by atoms with E-state index in [-0.39, 0.29) is 5.83 Å². The fourth-order valence-electron chi connectivity index (χ4n) is 2.25. The minimum absolute atomic E-state index is 0.333. The Balaban J connectivity index is 0.000000511. The molecule has 0 aliphatic carbocycles. The van der Waals surface area contributed by atoms with Gasteiger partial charge in [-0.2, -0.15) is 0 Å². The summed E-state index contributed by atoms with van der Waals surface area (Å²) in [6.45, 7) is 4.19. The van der Waals surface area contributed by atoms with Crippen LogP contribution in [0.5, 0.6) is 5.75 Å². The maximum absolute atomic E-state index is 10.8. The molecule has 1 nitrogen and oxygen atoms in total. The van der Waals surface area contributed by atoms with Crippen LogP contribution in [0.1, 0.15) is 6.92 Å². The molecule has 0 aromatic heterocycles. The number of rotatable bonds is 4. The Hall–Kier alpha value is -2.35. The minimum atomic E-state index is -1.27. The standard InChI is InChI=1S/C19H17OSe.C3H5F/c1-20-16-9-8-14-19(15-16)21(17-10-4-2-5-11-17)18-12-6-3-7-13-18;1-3(2)4/h2-15H,1H3;1H2,2H3. The van der Waals surface area contributed by atoms with Gasteiger partial charge in [-0.1, -0.05) is 6.58 Å². The normalized spacial score (nSPS) is 9.92. The summed E-state index contributed by atoms with van der Waals surface area (Å²) in [6, 6.07) is 30.0. The SMILES string of the molecule is C=C(C)F.COc1cccc([Se](c2ccccc2)c2ccccc2)c1. The summed E-state index contributed by atoms with van der Waals surface area (Å²) in [4.78, 5) is 0. The predicted octanol–water partition coefficient (Wildman–Crippen LogP) is 3.70. The van der Waals surface area contributed by atoms with Gasteiger partial charge in [0, 0.05) is 0 Å². The van der Waals surface area contributed by atoms with Crippen molar-refractivity contribution in [3.8, 4) is 5.75 Å². The number of hydrogen-bond donors (Lipinski definition) is 0. The second kappa shape index (κ2) is 9.83. The van der Waals surface area contributed by atoms with Crippen molar-refractivity contribution in [2.24, 2.45) is 0 Å². The van der Waals surface area contributed by atoms with Crippen LogP contribution >= 0.6 is 0 Å². The summed E-state index contributed by atoms with van der Waals surface area (Å²) >= 11 is -1.27. The Morgan fingerprint density at radius 1 is 0.800 bits per heavy atom. The van der Waals surface area contributed by atoms with Crippen LogP contribution in [0.4, 0.5) is 4.39 Å². The molecule has 1 radical (unpaired) electrons. The number of halogens is 1. The zero-order valence-corrected chi connectivity index (χ0v) is 16.2. The molecule has 0 spiro atoms. The van der Waals surface area contributed by atoms with E-state index in [0.29, 0.717) is 0 Å². The van der Waals surface area contributed by atoms with Crippen molar-refractivity contribution in [3.05, 3.63) is 97.3 Å². The average molecular weight is 400 g/mol. The maximum atomic E-state index is 10.8. The zero-order valence-electron chi connectivity index (χ0n) is 14.5. The van der Waals surface area contributed by atoms with Crippen LogP contribution in [0.3, 0.4) is 0 Å². The average Bonchev–Trinajstić information content (AvgIpc) is 2.63. The van der Waals surface area contributed by atoms with Crippen LogP contribution in [-0.4, -0.2) is 21.0 Å². The number of ether oxygens (including phenoxy) is 1. The summed E-state index contributed by atoms with van der Waals surface area (Å²) in [5.41, 5.74) is 0. The van der Waals surface area contributed by atoms with Gasteiger partial charge in [0.1, 0.15) is 0 Å². The van der Waals surface area contributed by atoms with E-state index in [1.807, 2.05) is 6.07 Å². The molecule has 3 heteroatoms. The number of benzene rings is 3. The molecule has 0 bridgehead atoms. The van der Waals surface area contributed by atoms with Gasteiger partial charge in [-0.3, -0.25) is 0 Å². The summed E-state index contributed by atoms with van der Waals surface area (Å²) in [6.07, 6.45) is 0. The summed E-state index contributed by atoms with van der Waals surface area (Å²) in [5, 5.41) is 0. The molecule has 25 heavy (non-hydrogen) atoms. The Morgan fingerprint density at radius 2 is 1.24 bits per heavy atom. The Labute approximate surface area is 153 Å². The predicted molar refractivity (Wildman–Crippen MR) is 106 cm³/mol. The molecule has 0 fully saturated rings. The van der Waals surface area contributed by atoms with Crippen molar-refractivity contribution in [1.82, 2.24) is 0 Å². The van der Waals surface area contributed by atoms with Gasteiger partial charge < -0.3 is 0 Å². The van der Waals surface area contributed by atoms with Crippen molar-refractivity contribution >= 4 is 27.3 Å². The number of hydrogen-bond acceptors (Lipinski definition) is 1. The van der Waals surface area contributed by atoms with Crippen LogP contribution < -0.4 is 18.1 Å². The van der Waals surface area contributed by atoms with E-state index in [0.717, 1.165) is 5.75 Å². The van der Waals surface area contributed by atoms with Crippen molar-refractivity contribution in [2.75, 3.05) is 7.11 Å². The van der Waals surface area contributed by atoms with E-state index in [4.69, 9.17) is 4.74 Å². The van der Waals surface area contributed by atoms with Crippen LogP contribution in [0.25, 0.3) is 0 Å². The Bertz CT molecular complexity index is 744. The van der Waals surface area contributed by atoms with E-state index < -0.39 is 13.9 Å². The first-order valence-electron chi connectivity index (χ1n) is 7.91. The van der Waals surface area contributed by atoms with E-state index >= 15 is 0 Å². The molecule has 3 aromatic carbocycles. The first-order chi connectivity index (χ1) is 12.1. The molecular formula is C22H22FOSe. The van der Waals surface area contributed by atoms with Gasteiger partial charge >= 0.3 is 130 Å². The van der Waals surface area contributed by atoms with E-state index in [2.05, 4.69) is 85.4 Å². The number of methoxy groups -OCH3 is 1. The van der Waals surface area contributed by atoms with Crippen LogP contribution in [0.2, 0.25) is 0 Å². The van der Waals surface area contributed by atoms with Gasteiger partial charge in [-0.05, 0) is 6.92 Å². The van der Waals surface area contributed by atoms with Gasteiger partial charge in [-0.25, -0.2) is 4.39 Å². The molecule has 0 amide bonds. The summed E-state index contributed by atoms with van der Waals surface area (Å²) in [7, 11) is 1.72. The summed E-state index contributed by atoms with van der Waals surface area (Å²) in [5.74, 6) is 0.591. The third kappa shape index (κ3) is 5.90. The second-order valence-corrected chi connectivity index (χ2v) is 9.54. The fourth-order valence-corrected chi connectivity index (χ4v) is 6.71. The first-order valence-corrected chi connectivity index (χ1v) is 10.5. The Kier molecular flexibility index (Phi) is 7.46. The quantitative estimate of drug-likeness (QED) is 0.607. The number of allylic oxidation sites excluding steroid dienone is 1. The molecule has 3 aromatic rings. The molecule has 0 N–H and O–H groups in total. The monoisotopic (exact) mass is 401 g/mol. The molecule has 0 atom stereocenters. The Morgan fingerprint density at radius 3 is 1.68 bits per heavy atom. The third-order valence-corrected chi connectivity index (χ3v) is 7.88. The van der Waals surface area contributed by atoms with Gasteiger partial charge in [-0.15, -0.1) is 0 Å². The molecule has 0 saturated heterocycles. The van der Waals surface area contributed by atoms with Crippen molar-refractivity contribution in [2.45, 2.75) is 6.92 Å². The van der Waals surface area contributed by atoms with E-state index in [1.165, 1.54) is 20.3 Å². The third-order valence-electron chi connectivity index (χ3n) is 3.23. The van der Waals surface area contributed by atoms with Crippen molar-refractivity contribution in [1.29, 1.82) is 0 Å². The molecule has 0 saturated carbocycles.